The molecule has 4 rings (SSSR count). The van der Waals surface area contributed by atoms with Gasteiger partial charge in [-0.3, -0.25) is 14.0 Å². The van der Waals surface area contributed by atoms with Gasteiger partial charge in [-0.25, -0.2) is 14.4 Å². The van der Waals surface area contributed by atoms with Crippen LogP contribution in [0.1, 0.15) is 47.4 Å². The van der Waals surface area contributed by atoms with E-state index < -0.39 is 0 Å². The van der Waals surface area contributed by atoms with Gasteiger partial charge in [0.1, 0.15) is 11.5 Å². The summed E-state index contributed by atoms with van der Waals surface area (Å²) in [7, 11) is 0. The maximum atomic E-state index is 13.2. The third-order valence-corrected chi connectivity index (χ3v) is 5.83. The number of rotatable bonds is 5. The van der Waals surface area contributed by atoms with Crippen LogP contribution in [0.4, 0.5) is 10.1 Å². The highest BCUT2D eigenvalue weighted by molar-refractivity contribution is 5.94. The predicted molar refractivity (Wildman–Crippen MR) is 115 cm³/mol. The lowest BCUT2D eigenvalue weighted by atomic mass is 9.93. The van der Waals surface area contributed by atoms with Crippen LogP contribution >= 0.6 is 0 Å². The molecular weight excluding hydrogens is 397 g/mol. The van der Waals surface area contributed by atoms with E-state index in [1.165, 1.54) is 12.1 Å². The van der Waals surface area contributed by atoms with Gasteiger partial charge in [-0.15, -0.1) is 0 Å². The van der Waals surface area contributed by atoms with Crippen LogP contribution in [0.3, 0.4) is 0 Å². The normalized spacial score (nSPS) is 16.5. The summed E-state index contributed by atoms with van der Waals surface area (Å²) in [6.45, 7) is 4.91. The van der Waals surface area contributed by atoms with E-state index in [0.29, 0.717) is 54.3 Å². The van der Waals surface area contributed by atoms with Crippen LogP contribution in [0.15, 0.2) is 36.7 Å². The van der Waals surface area contributed by atoms with Gasteiger partial charge in [0, 0.05) is 37.6 Å². The van der Waals surface area contributed by atoms with E-state index in [0.717, 1.165) is 12.8 Å². The number of aromatic nitrogens is 3. The van der Waals surface area contributed by atoms with Gasteiger partial charge in [0.05, 0.1) is 5.69 Å². The molecule has 2 amide bonds. The van der Waals surface area contributed by atoms with E-state index in [-0.39, 0.29) is 23.5 Å². The lowest BCUT2D eigenvalue weighted by molar-refractivity contribution is -0.116. The van der Waals surface area contributed by atoms with Gasteiger partial charge in [0.25, 0.3) is 5.91 Å². The highest BCUT2D eigenvalue weighted by Crippen LogP contribution is 2.24. The molecule has 2 aromatic heterocycles. The number of carbonyl (C=O) groups excluding carboxylic acids is 2. The lowest BCUT2D eigenvalue weighted by Crippen LogP contribution is -2.40. The maximum Gasteiger partial charge on any atom is 0.272 e. The van der Waals surface area contributed by atoms with Crippen molar-refractivity contribution >= 4 is 23.3 Å². The van der Waals surface area contributed by atoms with Crippen LogP contribution < -0.4 is 5.32 Å². The first-order valence-corrected chi connectivity index (χ1v) is 10.6. The molecule has 3 heterocycles. The Balaban J connectivity index is 1.36. The van der Waals surface area contributed by atoms with Crippen molar-refractivity contribution in [2.24, 2.45) is 5.92 Å². The molecule has 0 saturated carbocycles. The van der Waals surface area contributed by atoms with Crippen molar-refractivity contribution in [1.82, 2.24) is 19.3 Å². The van der Waals surface area contributed by atoms with E-state index in [4.69, 9.17) is 0 Å². The van der Waals surface area contributed by atoms with E-state index in [2.05, 4.69) is 15.3 Å². The first kappa shape index (κ1) is 21.0. The minimum absolute atomic E-state index is 0.0471. The minimum atomic E-state index is -0.320. The number of amides is 2. The first-order valence-electron chi connectivity index (χ1n) is 10.6. The maximum absolute atomic E-state index is 13.2. The smallest absolute Gasteiger partial charge is 0.272 e. The summed E-state index contributed by atoms with van der Waals surface area (Å²) in [5.74, 6) is 0.315. The molecule has 31 heavy (non-hydrogen) atoms. The summed E-state index contributed by atoms with van der Waals surface area (Å²) >= 11 is 0. The molecule has 1 unspecified atom stereocenters. The number of fused-ring (bicyclic) bond motifs is 1. The Morgan fingerprint density at radius 2 is 2.13 bits per heavy atom. The summed E-state index contributed by atoms with van der Waals surface area (Å²) in [5.41, 5.74) is 2.54. The molecule has 1 aliphatic rings. The number of benzene rings is 1. The van der Waals surface area contributed by atoms with Crippen molar-refractivity contribution in [2.75, 3.05) is 18.4 Å². The van der Waals surface area contributed by atoms with Crippen molar-refractivity contribution < 1.29 is 14.0 Å². The number of carbonyl (C=O) groups is 2. The van der Waals surface area contributed by atoms with Crippen LogP contribution in [0.2, 0.25) is 0 Å². The molecule has 162 valence electrons. The standard InChI is InChI=1S/C23H26FN5O2/c1-15-13-18(24)7-8-19(15)27-20(30)9-6-17-5-3-11-28(14-17)22(31)21-16(2)26-23-25-10-4-12-29(21)23/h4,7-8,10,12-13,17H,3,5-6,9,11,14H2,1-2H3,(H,27,30). The van der Waals surface area contributed by atoms with E-state index in [1.807, 2.05) is 11.8 Å². The van der Waals surface area contributed by atoms with Crippen LogP contribution in [-0.4, -0.2) is 44.2 Å². The Morgan fingerprint density at radius 1 is 1.29 bits per heavy atom. The van der Waals surface area contributed by atoms with Gasteiger partial charge in [0.2, 0.25) is 11.7 Å². The summed E-state index contributed by atoms with van der Waals surface area (Å²) in [6, 6.07) is 6.10. The Labute approximate surface area is 180 Å². The average molecular weight is 423 g/mol. The summed E-state index contributed by atoms with van der Waals surface area (Å²) in [6.07, 6.45) is 6.42. The zero-order chi connectivity index (χ0) is 22.0. The Kier molecular flexibility index (Phi) is 5.97. The number of imidazole rings is 1. The van der Waals surface area contributed by atoms with E-state index in [9.17, 15) is 14.0 Å². The third kappa shape index (κ3) is 4.57. The first-order chi connectivity index (χ1) is 14.9. The quantitative estimate of drug-likeness (QED) is 0.678. The summed E-state index contributed by atoms with van der Waals surface area (Å²) in [5, 5.41) is 2.86. The lowest BCUT2D eigenvalue weighted by Gasteiger charge is -2.32. The summed E-state index contributed by atoms with van der Waals surface area (Å²) in [4.78, 5) is 36.1. The van der Waals surface area contributed by atoms with Gasteiger partial charge < -0.3 is 10.2 Å². The number of nitrogens with one attached hydrogen (secondary N) is 1. The highest BCUT2D eigenvalue weighted by Gasteiger charge is 2.28. The van der Waals surface area contributed by atoms with E-state index in [1.54, 1.807) is 35.9 Å². The fourth-order valence-corrected chi connectivity index (χ4v) is 4.21. The molecule has 0 spiro atoms. The van der Waals surface area contributed by atoms with Crippen molar-refractivity contribution in [2.45, 2.75) is 39.5 Å². The van der Waals surface area contributed by atoms with E-state index >= 15 is 0 Å². The number of hydrogen-bond acceptors (Lipinski definition) is 4. The van der Waals surface area contributed by atoms with Gasteiger partial charge >= 0.3 is 0 Å². The number of nitrogens with zero attached hydrogens (tertiary/aromatic N) is 4. The zero-order valence-electron chi connectivity index (χ0n) is 17.8. The van der Waals surface area contributed by atoms with Crippen LogP contribution in [-0.2, 0) is 4.79 Å². The monoisotopic (exact) mass is 423 g/mol. The molecule has 3 aromatic rings. The molecule has 0 bridgehead atoms. The molecule has 7 nitrogen and oxygen atoms in total. The highest BCUT2D eigenvalue weighted by atomic mass is 19.1. The van der Waals surface area contributed by atoms with Gasteiger partial charge in [-0.05, 0) is 68.9 Å². The Hall–Kier alpha value is -3.29. The largest absolute Gasteiger partial charge is 0.337 e. The molecule has 1 saturated heterocycles. The number of anilines is 1. The van der Waals surface area contributed by atoms with Gasteiger partial charge in [-0.2, -0.15) is 0 Å². The van der Waals surface area contributed by atoms with Crippen LogP contribution in [0.5, 0.6) is 0 Å². The molecule has 1 fully saturated rings. The Bertz CT molecular complexity index is 1130. The molecule has 0 aliphatic carbocycles. The number of halogens is 1. The fraction of sp³-hybridized carbons (Fsp3) is 0.391. The number of aryl methyl sites for hydroxylation is 2. The van der Waals surface area contributed by atoms with Crippen molar-refractivity contribution in [3.05, 3.63) is 59.4 Å². The SMILES string of the molecule is Cc1cc(F)ccc1NC(=O)CCC1CCCN(C(=O)c2c(C)nc3ncccn23)C1. The van der Waals surface area contributed by atoms with Crippen LogP contribution in [0.25, 0.3) is 5.78 Å². The molecule has 1 aromatic carbocycles. The van der Waals surface area contributed by atoms with Gasteiger partial charge in [-0.1, -0.05) is 0 Å². The van der Waals surface area contributed by atoms with Crippen LogP contribution in [0, 0.1) is 25.6 Å². The second-order valence-electron chi connectivity index (χ2n) is 8.14. The fourth-order valence-electron chi connectivity index (χ4n) is 4.21. The predicted octanol–water partition coefficient (Wildman–Crippen LogP) is 3.76. The average Bonchev–Trinajstić information content (AvgIpc) is 3.09. The minimum Gasteiger partial charge on any atom is -0.337 e. The number of piperidine rings is 1. The Morgan fingerprint density at radius 3 is 2.94 bits per heavy atom. The topological polar surface area (TPSA) is 79.6 Å². The van der Waals surface area contributed by atoms with Crippen molar-refractivity contribution in [3.8, 4) is 0 Å². The number of hydrogen-bond donors (Lipinski definition) is 1. The summed E-state index contributed by atoms with van der Waals surface area (Å²) < 4.78 is 15.0. The second kappa shape index (κ2) is 8.83. The zero-order valence-corrected chi connectivity index (χ0v) is 17.8. The third-order valence-electron chi connectivity index (χ3n) is 5.83. The molecule has 1 atom stereocenters. The van der Waals surface area contributed by atoms with Gasteiger partial charge in [0.15, 0.2) is 0 Å². The molecule has 8 heteroatoms. The molecule has 0 radical (unpaired) electrons. The number of likely N-dealkylation sites (tertiary alicyclic amines) is 1. The second-order valence-corrected chi connectivity index (χ2v) is 8.14. The molecular formula is C23H26FN5O2. The van der Waals surface area contributed by atoms with Crippen molar-refractivity contribution in [3.63, 3.8) is 0 Å². The van der Waals surface area contributed by atoms with Crippen molar-refractivity contribution in [1.29, 1.82) is 0 Å². The molecule has 1 N–H and O–H groups in total. The molecule has 1 aliphatic heterocycles.